The van der Waals surface area contributed by atoms with Crippen LogP contribution in [-0.2, 0) is 4.74 Å². The summed E-state index contributed by atoms with van der Waals surface area (Å²) in [7, 11) is 0. The maximum atomic E-state index is 9.00. The Morgan fingerprint density at radius 3 is 2.67 bits per heavy atom. The molecule has 0 aromatic heterocycles. The van der Waals surface area contributed by atoms with Crippen LogP contribution in [-0.4, -0.2) is 38.4 Å². The molecule has 1 heterocycles. The fourth-order valence-electron chi connectivity index (χ4n) is 2.94. The minimum atomic E-state index is 0.363. The van der Waals surface area contributed by atoms with E-state index in [4.69, 9.17) is 14.7 Å². The van der Waals surface area contributed by atoms with Gasteiger partial charge < -0.3 is 14.4 Å². The molecule has 1 fully saturated rings. The van der Waals surface area contributed by atoms with Gasteiger partial charge in [-0.05, 0) is 38.8 Å². The first-order chi connectivity index (χ1) is 10.2. The van der Waals surface area contributed by atoms with E-state index in [9.17, 15) is 0 Å². The highest BCUT2D eigenvalue weighted by Crippen LogP contribution is 2.16. The van der Waals surface area contributed by atoms with Crippen LogP contribution in [0.15, 0.2) is 24.3 Å². The van der Waals surface area contributed by atoms with Gasteiger partial charge >= 0.3 is 0 Å². The van der Waals surface area contributed by atoms with Crippen LogP contribution >= 0.6 is 0 Å². The number of benzene rings is 1. The third-order valence-corrected chi connectivity index (χ3v) is 3.81. The summed E-state index contributed by atoms with van der Waals surface area (Å²) in [5.41, 5.74) is 0.610. The van der Waals surface area contributed by atoms with Crippen molar-refractivity contribution in [3.05, 3.63) is 29.8 Å². The predicted octanol–water partition coefficient (Wildman–Crippen LogP) is 1.41. The minimum absolute atomic E-state index is 0.363. The molecule has 2 rings (SSSR count). The Morgan fingerprint density at radius 1 is 1.24 bits per heavy atom. The standard InChI is InChI=1S/C17H24N2O2/c1-14-12-19(13-15(2)21-14)9-5-6-10-20-17-8-4-3-7-16(17)11-18/h3-4,7-8,14-15H,5-6,9-10,12-13H2,1-2H3/p+1/t14-,15-/m1/s1. The Balaban J connectivity index is 1.65. The molecule has 0 radical (unpaired) electrons. The van der Waals surface area contributed by atoms with Gasteiger partial charge in [-0.25, -0.2) is 0 Å². The molecule has 0 bridgehead atoms. The lowest BCUT2D eigenvalue weighted by molar-refractivity contribution is -0.915. The van der Waals surface area contributed by atoms with Gasteiger partial charge in [-0.3, -0.25) is 0 Å². The number of morpholine rings is 1. The van der Waals surface area contributed by atoms with Gasteiger partial charge in [-0.15, -0.1) is 0 Å². The molecule has 1 saturated heterocycles. The normalized spacial score (nSPS) is 25.3. The van der Waals surface area contributed by atoms with E-state index in [-0.39, 0.29) is 0 Å². The summed E-state index contributed by atoms with van der Waals surface area (Å²) in [6.07, 6.45) is 2.89. The highest BCUT2D eigenvalue weighted by molar-refractivity contribution is 5.42. The van der Waals surface area contributed by atoms with Gasteiger partial charge in [0.2, 0.25) is 0 Å². The third-order valence-electron chi connectivity index (χ3n) is 3.81. The van der Waals surface area contributed by atoms with Crippen LogP contribution in [0.4, 0.5) is 0 Å². The number of nitriles is 1. The first-order valence-corrected chi connectivity index (χ1v) is 7.80. The molecule has 0 spiro atoms. The predicted molar refractivity (Wildman–Crippen MR) is 81.5 cm³/mol. The second kappa shape index (κ2) is 8.02. The summed E-state index contributed by atoms with van der Waals surface area (Å²) in [4.78, 5) is 1.62. The number of ether oxygens (including phenoxy) is 2. The number of unbranched alkanes of at least 4 members (excludes halogenated alkanes) is 1. The topological polar surface area (TPSA) is 46.7 Å². The molecule has 4 heteroatoms. The van der Waals surface area contributed by atoms with Crippen molar-refractivity contribution in [1.29, 1.82) is 5.26 Å². The first kappa shape index (κ1) is 15.8. The second-order valence-electron chi connectivity index (χ2n) is 5.83. The molecule has 2 atom stereocenters. The lowest BCUT2D eigenvalue weighted by Gasteiger charge is -2.32. The number of nitrogens with zero attached hydrogens (tertiary/aromatic N) is 1. The van der Waals surface area contributed by atoms with E-state index in [1.807, 2.05) is 18.2 Å². The lowest BCUT2D eigenvalue weighted by Crippen LogP contribution is -3.15. The fraction of sp³-hybridized carbons (Fsp3) is 0.588. The van der Waals surface area contributed by atoms with Crippen molar-refractivity contribution < 1.29 is 14.4 Å². The van der Waals surface area contributed by atoms with Gasteiger partial charge in [0.05, 0.1) is 18.7 Å². The van der Waals surface area contributed by atoms with Crippen LogP contribution in [0.1, 0.15) is 32.3 Å². The Labute approximate surface area is 127 Å². The number of para-hydroxylation sites is 1. The summed E-state index contributed by atoms with van der Waals surface area (Å²) < 4.78 is 11.5. The molecule has 114 valence electrons. The molecule has 1 aliphatic rings. The van der Waals surface area contributed by atoms with Gasteiger partial charge in [-0.2, -0.15) is 5.26 Å². The number of rotatable bonds is 6. The zero-order valence-corrected chi connectivity index (χ0v) is 13.0. The molecule has 4 nitrogen and oxygen atoms in total. The van der Waals surface area contributed by atoms with Crippen molar-refractivity contribution in [2.75, 3.05) is 26.2 Å². The van der Waals surface area contributed by atoms with E-state index >= 15 is 0 Å². The molecule has 21 heavy (non-hydrogen) atoms. The summed E-state index contributed by atoms with van der Waals surface area (Å²) >= 11 is 0. The van der Waals surface area contributed by atoms with E-state index in [1.165, 1.54) is 6.54 Å². The van der Waals surface area contributed by atoms with Crippen molar-refractivity contribution in [3.8, 4) is 11.8 Å². The molecule has 0 aliphatic carbocycles. The summed E-state index contributed by atoms with van der Waals surface area (Å²) in [6.45, 7) is 8.34. The molecule has 1 aromatic rings. The molecule has 1 aromatic carbocycles. The van der Waals surface area contributed by atoms with Crippen LogP contribution in [0.3, 0.4) is 0 Å². The van der Waals surface area contributed by atoms with Crippen LogP contribution in [0.25, 0.3) is 0 Å². The van der Waals surface area contributed by atoms with E-state index in [0.29, 0.717) is 30.1 Å². The van der Waals surface area contributed by atoms with Crippen molar-refractivity contribution in [2.24, 2.45) is 0 Å². The van der Waals surface area contributed by atoms with E-state index in [2.05, 4.69) is 19.9 Å². The Hall–Kier alpha value is -1.57. The lowest BCUT2D eigenvalue weighted by atomic mass is 10.2. The highest BCUT2D eigenvalue weighted by atomic mass is 16.5. The van der Waals surface area contributed by atoms with Crippen molar-refractivity contribution in [3.63, 3.8) is 0 Å². The largest absolute Gasteiger partial charge is 0.492 e. The average molecular weight is 289 g/mol. The van der Waals surface area contributed by atoms with Gasteiger partial charge in [0.15, 0.2) is 0 Å². The number of nitrogens with one attached hydrogen (secondary N) is 1. The van der Waals surface area contributed by atoms with Crippen LogP contribution in [0.5, 0.6) is 5.75 Å². The Bertz CT molecular complexity index is 474. The van der Waals surface area contributed by atoms with Gasteiger partial charge in [0, 0.05) is 0 Å². The van der Waals surface area contributed by atoms with E-state index in [1.54, 1.807) is 11.0 Å². The molecule has 0 amide bonds. The first-order valence-electron chi connectivity index (χ1n) is 7.80. The molecular formula is C17H25N2O2+. The summed E-state index contributed by atoms with van der Waals surface area (Å²) in [6, 6.07) is 9.56. The van der Waals surface area contributed by atoms with Gasteiger partial charge in [0.1, 0.15) is 37.1 Å². The highest BCUT2D eigenvalue weighted by Gasteiger charge is 2.24. The molecular weight excluding hydrogens is 264 g/mol. The van der Waals surface area contributed by atoms with Gasteiger partial charge in [-0.1, -0.05) is 12.1 Å². The number of hydrogen-bond donors (Lipinski definition) is 1. The maximum Gasteiger partial charge on any atom is 0.137 e. The quantitative estimate of drug-likeness (QED) is 0.806. The molecule has 0 saturated carbocycles. The molecule has 1 aliphatic heterocycles. The third kappa shape index (κ3) is 5.04. The monoisotopic (exact) mass is 289 g/mol. The van der Waals surface area contributed by atoms with Crippen molar-refractivity contribution >= 4 is 0 Å². The number of quaternary nitrogens is 1. The van der Waals surface area contributed by atoms with Gasteiger partial charge in [0.25, 0.3) is 0 Å². The van der Waals surface area contributed by atoms with Crippen molar-refractivity contribution in [1.82, 2.24) is 0 Å². The van der Waals surface area contributed by atoms with E-state index < -0.39 is 0 Å². The average Bonchev–Trinajstić information content (AvgIpc) is 2.46. The molecule has 1 N–H and O–H groups in total. The second-order valence-corrected chi connectivity index (χ2v) is 5.83. The SMILES string of the molecule is C[C@@H]1C[NH+](CCCCOc2ccccc2C#N)C[C@@H](C)O1. The summed E-state index contributed by atoms with van der Waals surface area (Å²) in [5, 5.41) is 9.00. The smallest absolute Gasteiger partial charge is 0.137 e. The van der Waals surface area contributed by atoms with Crippen LogP contribution in [0, 0.1) is 11.3 Å². The molecule has 0 unspecified atom stereocenters. The maximum absolute atomic E-state index is 9.00. The Kier molecular flexibility index (Phi) is 6.04. The van der Waals surface area contributed by atoms with Crippen LogP contribution < -0.4 is 9.64 Å². The fourth-order valence-corrected chi connectivity index (χ4v) is 2.94. The zero-order valence-electron chi connectivity index (χ0n) is 13.0. The summed E-state index contributed by atoms with van der Waals surface area (Å²) in [5.74, 6) is 0.695. The Morgan fingerprint density at radius 2 is 1.95 bits per heavy atom. The van der Waals surface area contributed by atoms with Crippen molar-refractivity contribution in [2.45, 2.75) is 38.9 Å². The number of hydrogen-bond acceptors (Lipinski definition) is 3. The van der Waals surface area contributed by atoms with Crippen LogP contribution in [0.2, 0.25) is 0 Å². The minimum Gasteiger partial charge on any atom is -0.492 e. The van der Waals surface area contributed by atoms with E-state index in [0.717, 1.165) is 25.9 Å². The zero-order chi connectivity index (χ0) is 15.1.